The Hall–Kier alpha value is -0.600. The van der Waals surface area contributed by atoms with Crippen molar-refractivity contribution in [2.75, 3.05) is 26.2 Å². The minimum atomic E-state index is 0.273. The fourth-order valence-corrected chi connectivity index (χ4v) is 5.32. The predicted octanol–water partition coefficient (Wildman–Crippen LogP) is 4.76. The fourth-order valence-electron chi connectivity index (χ4n) is 5.32. The minimum Gasteiger partial charge on any atom is -0.395 e. The first-order chi connectivity index (χ1) is 11.3. The zero-order valence-electron chi connectivity index (χ0n) is 16.8. The summed E-state index contributed by atoms with van der Waals surface area (Å²) < 4.78 is 0. The molecule has 0 aromatic rings. The van der Waals surface area contributed by atoms with Gasteiger partial charge in [0.15, 0.2) is 0 Å². The van der Waals surface area contributed by atoms with Gasteiger partial charge in [0.05, 0.1) is 6.61 Å². The summed E-state index contributed by atoms with van der Waals surface area (Å²) in [4.78, 5) is 2.55. The van der Waals surface area contributed by atoms with Crippen molar-refractivity contribution < 1.29 is 5.11 Å². The van der Waals surface area contributed by atoms with Crippen molar-refractivity contribution in [3.05, 3.63) is 23.3 Å². The molecule has 0 saturated heterocycles. The van der Waals surface area contributed by atoms with Crippen LogP contribution >= 0.6 is 0 Å². The molecule has 24 heavy (non-hydrogen) atoms. The van der Waals surface area contributed by atoms with Gasteiger partial charge in [0, 0.05) is 19.6 Å². The highest BCUT2D eigenvalue weighted by Crippen LogP contribution is 2.36. The number of aliphatic hydroxyl groups excluding tert-OH is 1. The first-order valence-electron chi connectivity index (χ1n) is 9.99. The van der Waals surface area contributed by atoms with Crippen molar-refractivity contribution in [1.82, 2.24) is 4.90 Å². The molecule has 0 unspecified atom stereocenters. The highest BCUT2D eigenvalue weighted by Gasteiger charge is 2.32. The Morgan fingerprint density at radius 3 is 1.62 bits per heavy atom. The monoisotopic (exact) mass is 333 g/mol. The molecular formula is C22H39NO. The summed E-state index contributed by atoms with van der Waals surface area (Å²) in [5.41, 5.74) is 3.10. The molecule has 2 nitrogen and oxygen atoms in total. The molecule has 2 heteroatoms. The van der Waals surface area contributed by atoms with Gasteiger partial charge in [-0.3, -0.25) is 0 Å². The average Bonchev–Trinajstić information content (AvgIpc) is 2.46. The minimum absolute atomic E-state index is 0.273. The predicted molar refractivity (Wildman–Crippen MR) is 104 cm³/mol. The van der Waals surface area contributed by atoms with Crippen molar-refractivity contribution in [1.29, 1.82) is 0 Å². The number of rotatable bonds is 6. The van der Waals surface area contributed by atoms with E-state index in [1.165, 1.54) is 12.8 Å². The van der Waals surface area contributed by atoms with Crippen molar-refractivity contribution in [3.63, 3.8) is 0 Å². The van der Waals surface area contributed by atoms with Gasteiger partial charge in [0.1, 0.15) is 0 Å². The summed E-state index contributed by atoms with van der Waals surface area (Å²) in [6.45, 7) is 17.5. The van der Waals surface area contributed by atoms with Gasteiger partial charge >= 0.3 is 0 Å². The number of nitrogens with zero attached hydrogens (tertiary/aromatic N) is 1. The van der Waals surface area contributed by atoms with Gasteiger partial charge in [0.25, 0.3) is 0 Å². The lowest BCUT2D eigenvalue weighted by molar-refractivity contribution is 0.0960. The highest BCUT2D eigenvalue weighted by molar-refractivity contribution is 5.10. The summed E-state index contributed by atoms with van der Waals surface area (Å²) in [5, 5.41) is 9.58. The summed E-state index contributed by atoms with van der Waals surface area (Å²) in [6.07, 6.45) is 7.42. The van der Waals surface area contributed by atoms with E-state index in [2.05, 4.69) is 58.6 Å². The van der Waals surface area contributed by atoms with Crippen molar-refractivity contribution >= 4 is 0 Å². The molecule has 0 fully saturated rings. The Morgan fingerprint density at radius 1 is 0.875 bits per heavy atom. The Bertz CT molecular complexity index is 427. The Labute approximate surface area is 150 Å². The van der Waals surface area contributed by atoms with E-state index >= 15 is 0 Å². The number of hydrogen-bond acceptors (Lipinski definition) is 2. The smallest absolute Gasteiger partial charge is 0.0558 e. The van der Waals surface area contributed by atoms with Crippen molar-refractivity contribution in [3.8, 4) is 0 Å². The van der Waals surface area contributed by atoms with Crippen molar-refractivity contribution in [2.45, 2.75) is 54.4 Å². The topological polar surface area (TPSA) is 23.5 Å². The summed E-state index contributed by atoms with van der Waals surface area (Å²) in [7, 11) is 0. The van der Waals surface area contributed by atoms with Crippen LogP contribution in [0.1, 0.15) is 54.4 Å². The van der Waals surface area contributed by atoms with Crippen LogP contribution in [0.25, 0.3) is 0 Å². The Kier molecular flexibility index (Phi) is 7.12. The molecule has 0 amide bonds. The van der Waals surface area contributed by atoms with Crippen molar-refractivity contribution in [2.24, 2.45) is 35.5 Å². The van der Waals surface area contributed by atoms with E-state index < -0.39 is 0 Å². The second-order valence-electron chi connectivity index (χ2n) is 8.92. The zero-order chi connectivity index (χ0) is 17.9. The standard InChI is InChI=1S/C22H39NO/c1-15-9-17(3)21(18(4)10-15)13-23(7-8-24)14-22-19(5)11-16(2)12-20(22)6/h9,11,17-22,24H,7-8,10,12-14H2,1-6H3/t17-,18-,19+,20-,21-,22+/m1/s1. The molecule has 0 aromatic carbocycles. The Balaban J connectivity index is 2.04. The van der Waals surface area contributed by atoms with E-state index in [0.29, 0.717) is 23.7 Å². The molecule has 0 aromatic heterocycles. The molecule has 2 aliphatic rings. The zero-order valence-corrected chi connectivity index (χ0v) is 16.8. The van der Waals surface area contributed by atoms with E-state index in [-0.39, 0.29) is 6.61 Å². The second-order valence-corrected chi connectivity index (χ2v) is 8.92. The molecule has 0 aliphatic heterocycles. The van der Waals surface area contributed by atoms with Gasteiger partial charge in [-0.1, -0.05) is 51.0 Å². The quantitative estimate of drug-likeness (QED) is 0.709. The third kappa shape index (κ3) is 4.95. The molecule has 0 heterocycles. The van der Waals surface area contributed by atoms with E-state index in [1.807, 2.05) is 0 Å². The highest BCUT2D eigenvalue weighted by atomic mass is 16.3. The molecular weight excluding hydrogens is 294 g/mol. The van der Waals surface area contributed by atoms with Gasteiger partial charge in [0.2, 0.25) is 0 Å². The molecule has 2 rings (SSSR count). The van der Waals surface area contributed by atoms with Crippen LogP contribution in [0, 0.1) is 35.5 Å². The lowest BCUT2D eigenvalue weighted by atomic mass is 9.73. The third-order valence-electron chi connectivity index (χ3n) is 6.55. The molecule has 6 atom stereocenters. The molecule has 0 spiro atoms. The van der Waals surface area contributed by atoms with Crippen LogP contribution in [-0.4, -0.2) is 36.2 Å². The SMILES string of the molecule is CC1=C[C@@H](C)[C@@H](CN(CCO)C[C@@H]2[C@H](C)CC(C)=C[C@@H]2C)[C@H](C)C1. The number of allylic oxidation sites excluding steroid dienone is 4. The largest absolute Gasteiger partial charge is 0.395 e. The summed E-state index contributed by atoms with van der Waals surface area (Å²) >= 11 is 0. The number of hydrogen-bond donors (Lipinski definition) is 1. The van der Waals surface area contributed by atoms with E-state index in [1.54, 1.807) is 11.1 Å². The maximum atomic E-state index is 9.58. The summed E-state index contributed by atoms with van der Waals surface area (Å²) in [6, 6.07) is 0. The molecule has 2 aliphatic carbocycles. The molecule has 0 bridgehead atoms. The number of aliphatic hydroxyl groups is 1. The molecule has 1 N–H and O–H groups in total. The molecule has 138 valence electrons. The third-order valence-corrected chi connectivity index (χ3v) is 6.55. The maximum Gasteiger partial charge on any atom is 0.0558 e. The first-order valence-corrected chi connectivity index (χ1v) is 9.99. The van der Waals surface area contributed by atoms with Gasteiger partial charge in [-0.2, -0.15) is 0 Å². The van der Waals surface area contributed by atoms with Crippen LogP contribution < -0.4 is 0 Å². The molecule has 0 radical (unpaired) electrons. The van der Waals surface area contributed by atoms with E-state index in [4.69, 9.17) is 0 Å². The first kappa shape index (κ1) is 19.7. The second kappa shape index (κ2) is 8.67. The van der Waals surface area contributed by atoms with Crippen LogP contribution in [-0.2, 0) is 0 Å². The molecule has 0 saturated carbocycles. The fraction of sp³-hybridized carbons (Fsp3) is 0.818. The Morgan fingerprint density at radius 2 is 1.29 bits per heavy atom. The van der Waals surface area contributed by atoms with Gasteiger partial charge in [-0.05, 0) is 62.2 Å². The van der Waals surface area contributed by atoms with Crippen LogP contribution in [0.15, 0.2) is 23.3 Å². The van der Waals surface area contributed by atoms with Gasteiger partial charge in [-0.15, -0.1) is 0 Å². The van der Waals surface area contributed by atoms with Gasteiger partial charge in [-0.25, -0.2) is 0 Å². The van der Waals surface area contributed by atoms with Crippen LogP contribution in [0.4, 0.5) is 0 Å². The van der Waals surface area contributed by atoms with Crippen LogP contribution in [0.5, 0.6) is 0 Å². The lowest BCUT2D eigenvalue weighted by Crippen LogP contribution is -2.43. The van der Waals surface area contributed by atoms with Crippen LogP contribution in [0.2, 0.25) is 0 Å². The van der Waals surface area contributed by atoms with Gasteiger partial charge < -0.3 is 10.0 Å². The summed E-state index contributed by atoms with van der Waals surface area (Å²) in [5.74, 6) is 4.22. The van der Waals surface area contributed by atoms with E-state index in [9.17, 15) is 5.11 Å². The lowest BCUT2D eigenvalue weighted by Gasteiger charge is -2.41. The normalized spacial score (nSPS) is 37.3. The average molecular weight is 334 g/mol. The maximum absolute atomic E-state index is 9.58. The van der Waals surface area contributed by atoms with E-state index in [0.717, 1.165) is 31.5 Å². The van der Waals surface area contributed by atoms with Crippen LogP contribution in [0.3, 0.4) is 0 Å².